The van der Waals surface area contributed by atoms with Crippen molar-refractivity contribution in [1.29, 1.82) is 0 Å². The van der Waals surface area contributed by atoms with Crippen molar-refractivity contribution in [3.05, 3.63) is 17.8 Å². The van der Waals surface area contributed by atoms with E-state index in [-0.39, 0.29) is 6.04 Å². The lowest BCUT2D eigenvalue weighted by atomic mass is 10.2. The minimum absolute atomic E-state index is 0.281. The van der Waals surface area contributed by atoms with Gasteiger partial charge in [-0.05, 0) is 20.8 Å². The lowest BCUT2D eigenvalue weighted by Crippen LogP contribution is -2.49. The van der Waals surface area contributed by atoms with E-state index in [0.717, 1.165) is 31.3 Å². The predicted molar refractivity (Wildman–Crippen MR) is 58.7 cm³/mol. The molecule has 0 aromatic carbocycles. The number of nitrogens with zero attached hydrogens (tertiary/aromatic N) is 2. The van der Waals surface area contributed by atoms with Gasteiger partial charge in [0.15, 0.2) is 0 Å². The summed E-state index contributed by atoms with van der Waals surface area (Å²) in [7, 11) is 0. The van der Waals surface area contributed by atoms with Crippen LogP contribution in [0.25, 0.3) is 0 Å². The molecule has 15 heavy (non-hydrogen) atoms. The van der Waals surface area contributed by atoms with Crippen LogP contribution in [0.15, 0.2) is 10.6 Å². The average Bonchev–Trinajstić information content (AvgIpc) is 2.64. The molecule has 1 fully saturated rings. The van der Waals surface area contributed by atoms with Crippen LogP contribution in [0.5, 0.6) is 0 Å². The molecule has 4 heteroatoms. The van der Waals surface area contributed by atoms with Crippen molar-refractivity contribution in [3.8, 4) is 0 Å². The maximum atomic E-state index is 5.56. The fourth-order valence-corrected chi connectivity index (χ4v) is 2.04. The number of piperazine rings is 1. The summed E-state index contributed by atoms with van der Waals surface area (Å²) in [6, 6.07) is 0.834. The summed E-state index contributed by atoms with van der Waals surface area (Å²) < 4.78 is 5.56. The lowest BCUT2D eigenvalue weighted by Gasteiger charge is -2.34. The molecule has 84 valence electrons. The van der Waals surface area contributed by atoms with Gasteiger partial charge in [-0.2, -0.15) is 0 Å². The van der Waals surface area contributed by atoms with E-state index in [1.165, 1.54) is 0 Å². The van der Waals surface area contributed by atoms with Gasteiger partial charge < -0.3 is 9.73 Å². The van der Waals surface area contributed by atoms with E-state index in [2.05, 4.69) is 29.0 Å². The Hall–Kier alpha value is -0.870. The van der Waals surface area contributed by atoms with Crippen LogP contribution in [0.4, 0.5) is 0 Å². The van der Waals surface area contributed by atoms with Crippen molar-refractivity contribution in [1.82, 2.24) is 15.2 Å². The highest BCUT2D eigenvalue weighted by Gasteiger charge is 2.24. The van der Waals surface area contributed by atoms with Gasteiger partial charge in [-0.3, -0.25) is 4.90 Å². The number of rotatable bonds is 2. The summed E-state index contributed by atoms with van der Waals surface area (Å²) in [5.41, 5.74) is 0. The molecule has 1 saturated heterocycles. The molecule has 0 saturated carbocycles. The maximum absolute atomic E-state index is 5.56. The first kappa shape index (κ1) is 10.6. The number of nitrogens with one attached hydrogen (secondary N) is 1. The molecule has 0 bridgehead atoms. The van der Waals surface area contributed by atoms with Gasteiger partial charge in [-0.1, -0.05) is 0 Å². The fourth-order valence-electron chi connectivity index (χ4n) is 2.04. The minimum atomic E-state index is 0.281. The Labute approximate surface area is 90.7 Å². The van der Waals surface area contributed by atoms with E-state index >= 15 is 0 Å². The topological polar surface area (TPSA) is 41.3 Å². The van der Waals surface area contributed by atoms with E-state index in [1.54, 1.807) is 6.20 Å². The third-order valence-corrected chi connectivity index (χ3v) is 2.94. The van der Waals surface area contributed by atoms with Crippen molar-refractivity contribution in [3.63, 3.8) is 0 Å². The first-order chi connectivity index (χ1) is 7.16. The Balaban J connectivity index is 2.03. The third-order valence-electron chi connectivity index (χ3n) is 2.94. The molecule has 1 aliphatic heterocycles. The molecule has 4 nitrogen and oxygen atoms in total. The molecule has 1 aromatic heterocycles. The van der Waals surface area contributed by atoms with Crippen LogP contribution >= 0.6 is 0 Å². The molecule has 1 aromatic rings. The maximum Gasteiger partial charge on any atom is 0.211 e. The van der Waals surface area contributed by atoms with Crippen LogP contribution in [0, 0.1) is 6.92 Å². The largest absolute Gasteiger partial charge is 0.444 e. The smallest absolute Gasteiger partial charge is 0.211 e. The SMILES string of the molecule is Cc1cnc(C(C)N2CCNC(C)C2)o1. The monoisotopic (exact) mass is 209 g/mol. The minimum Gasteiger partial charge on any atom is -0.444 e. The second-order valence-electron chi connectivity index (χ2n) is 4.34. The quantitative estimate of drug-likeness (QED) is 0.798. The first-order valence-electron chi connectivity index (χ1n) is 5.56. The van der Waals surface area contributed by atoms with E-state index in [9.17, 15) is 0 Å². The van der Waals surface area contributed by atoms with Gasteiger partial charge in [-0.25, -0.2) is 4.98 Å². The van der Waals surface area contributed by atoms with Crippen LogP contribution in [-0.4, -0.2) is 35.6 Å². The highest BCUT2D eigenvalue weighted by molar-refractivity contribution is 4.96. The summed E-state index contributed by atoms with van der Waals surface area (Å²) in [4.78, 5) is 6.70. The van der Waals surface area contributed by atoms with Crippen LogP contribution in [0.3, 0.4) is 0 Å². The Morgan fingerprint density at radius 3 is 3.07 bits per heavy atom. The zero-order valence-corrected chi connectivity index (χ0v) is 9.66. The van der Waals surface area contributed by atoms with Crippen LogP contribution < -0.4 is 5.32 Å². The zero-order chi connectivity index (χ0) is 10.8. The highest BCUT2D eigenvalue weighted by atomic mass is 16.4. The van der Waals surface area contributed by atoms with Crippen LogP contribution in [0.1, 0.15) is 31.5 Å². The number of hydrogen-bond acceptors (Lipinski definition) is 4. The van der Waals surface area contributed by atoms with Crippen molar-refractivity contribution in [2.75, 3.05) is 19.6 Å². The van der Waals surface area contributed by atoms with Gasteiger partial charge >= 0.3 is 0 Å². The zero-order valence-electron chi connectivity index (χ0n) is 9.66. The molecule has 2 atom stereocenters. The lowest BCUT2D eigenvalue weighted by molar-refractivity contribution is 0.139. The molecule has 2 rings (SSSR count). The summed E-state index contributed by atoms with van der Waals surface area (Å²) >= 11 is 0. The van der Waals surface area contributed by atoms with Crippen molar-refractivity contribution < 1.29 is 4.42 Å². The number of aryl methyl sites for hydroxylation is 1. The second-order valence-corrected chi connectivity index (χ2v) is 4.34. The van der Waals surface area contributed by atoms with E-state index < -0.39 is 0 Å². The molecule has 0 radical (unpaired) electrons. The Kier molecular flexibility index (Phi) is 3.07. The molecular formula is C11H19N3O. The molecule has 0 spiro atoms. The Bertz CT molecular complexity index is 323. The third kappa shape index (κ3) is 2.38. The molecule has 0 aliphatic carbocycles. The molecule has 0 amide bonds. The summed E-state index contributed by atoms with van der Waals surface area (Å²) in [6.45, 7) is 9.47. The fraction of sp³-hybridized carbons (Fsp3) is 0.727. The second kappa shape index (κ2) is 4.33. The number of hydrogen-bond donors (Lipinski definition) is 1. The number of aromatic nitrogens is 1. The van der Waals surface area contributed by atoms with E-state index in [4.69, 9.17) is 4.42 Å². The average molecular weight is 209 g/mol. The normalized spacial score (nSPS) is 25.4. The summed E-state index contributed by atoms with van der Waals surface area (Å²) in [5.74, 6) is 1.72. The van der Waals surface area contributed by atoms with E-state index in [1.807, 2.05) is 6.92 Å². The molecule has 1 N–H and O–H groups in total. The Morgan fingerprint density at radius 1 is 1.67 bits per heavy atom. The standard InChI is InChI=1S/C11H19N3O/c1-8-7-14(5-4-12-8)10(3)11-13-6-9(2)15-11/h6,8,10,12H,4-5,7H2,1-3H3. The van der Waals surface area contributed by atoms with Gasteiger partial charge in [0.25, 0.3) is 0 Å². The molecule has 1 aliphatic rings. The van der Waals surface area contributed by atoms with Gasteiger partial charge in [0.1, 0.15) is 5.76 Å². The predicted octanol–water partition coefficient (Wildman–Crippen LogP) is 1.34. The first-order valence-corrected chi connectivity index (χ1v) is 5.56. The summed E-state index contributed by atoms with van der Waals surface area (Å²) in [5, 5.41) is 3.43. The number of oxazole rings is 1. The van der Waals surface area contributed by atoms with Crippen molar-refractivity contribution >= 4 is 0 Å². The van der Waals surface area contributed by atoms with Crippen LogP contribution in [0.2, 0.25) is 0 Å². The van der Waals surface area contributed by atoms with Gasteiger partial charge in [0, 0.05) is 25.7 Å². The molecule has 2 heterocycles. The van der Waals surface area contributed by atoms with Gasteiger partial charge in [-0.15, -0.1) is 0 Å². The summed E-state index contributed by atoms with van der Waals surface area (Å²) in [6.07, 6.45) is 1.79. The Morgan fingerprint density at radius 2 is 2.47 bits per heavy atom. The van der Waals surface area contributed by atoms with Crippen molar-refractivity contribution in [2.24, 2.45) is 0 Å². The highest BCUT2D eigenvalue weighted by Crippen LogP contribution is 2.20. The molecule has 2 unspecified atom stereocenters. The van der Waals surface area contributed by atoms with Crippen molar-refractivity contribution in [2.45, 2.75) is 32.9 Å². The van der Waals surface area contributed by atoms with Crippen LogP contribution in [-0.2, 0) is 0 Å². The van der Waals surface area contributed by atoms with Gasteiger partial charge in [0.05, 0.1) is 12.2 Å². The van der Waals surface area contributed by atoms with Gasteiger partial charge in [0.2, 0.25) is 5.89 Å². The van der Waals surface area contributed by atoms with E-state index in [0.29, 0.717) is 6.04 Å². The molecular weight excluding hydrogens is 190 g/mol.